The van der Waals surface area contributed by atoms with Crippen LogP contribution in [0, 0.1) is 0 Å². The van der Waals surface area contributed by atoms with Crippen molar-refractivity contribution in [2.24, 2.45) is 0 Å². The summed E-state index contributed by atoms with van der Waals surface area (Å²) in [6, 6.07) is 0.502. The highest BCUT2D eigenvalue weighted by Gasteiger charge is 2.24. The van der Waals surface area contributed by atoms with Gasteiger partial charge in [-0.3, -0.25) is 0 Å². The Kier molecular flexibility index (Phi) is 6.89. The summed E-state index contributed by atoms with van der Waals surface area (Å²) < 4.78 is 28.4. The lowest BCUT2D eigenvalue weighted by atomic mass is 10.2. The van der Waals surface area contributed by atoms with E-state index in [1.54, 1.807) is 0 Å². The Hall–Kier alpha value is -0.860. The summed E-state index contributed by atoms with van der Waals surface area (Å²) in [5.74, 6) is 0.197. The van der Waals surface area contributed by atoms with E-state index in [0.29, 0.717) is 24.0 Å². The van der Waals surface area contributed by atoms with Gasteiger partial charge in [0, 0.05) is 19.1 Å². The molecule has 1 aromatic rings. The van der Waals surface area contributed by atoms with Crippen molar-refractivity contribution in [1.82, 2.24) is 9.27 Å². The van der Waals surface area contributed by atoms with E-state index in [9.17, 15) is 8.42 Å². The molecule has 1 atom stereocenters. The zero-order valence-corrected chi connectivity index (χ0v) is 14.9. The lowest BCUT2D eigenvalue weighted by Crippen LogP contribution is -2.32. The van der Waals surface area contributed by atoms with Crippen LogP contribution < -0.4 is 11.1 Å². The first-order valence-corrected chi connectivity index (χ1v) is 9.68. The van der Waals surface area contributed by atoms with Crippen LogP contribution >= 0.6 is 11.5 Å². The molecule has 0 aliphatic heterocycles. The lowest BCUT2D eigenvalue weighted by molar-refractivity contribution is 0.261. The van der Waals surface area contributed by atoms with Crippen LogP contribution in [0.2, 0.25) is 0 Å². The predicted octanol–water partition coefficient (Wildman–Crippen LogP) is 2.05. The number of nitrogens with two attached hydrogens (primary N) is 1. The molecule has 21 heavy (non-hydrogen) atoms. The van der Waals surface area contributed by atoms with Gasteiger partial charge in [-0.1, -0.05) is 13.8 Å². The maximum absolute atomic E-state index is 12.2. The van der Waals surface area contributed by atoms with Crippen molar-refractivity contribution in [3.05, 3.63) is 0 Å². The van der Waals surface area contributed by atoms with Gasteiger partial charge in [0.1, 0.15) is 9.90 Å². The SMILES string of the molecule is CCCS(=O)(=O)c1c(N)nsc1NCCN(C)C(C)CC. The molecule has 0 radical (unpaired) electrons. The molecular weight excluding hydrogens is 308 g/mol. The van der Waals surface area contributed by atoms with Gasteiger partial charge in [0.25, 0.3) is 0 Å². The van der Waals surface area contributed by atoms with Gasteiger partial charge in [-0.25, -0.2) is 8.42 Å². The Labute approximate surface area is 131 Å². The minimum Gasteiger partial charge on any atom is -0.382 e. The van der Waals surface area contributed by atoms with Crippen molar-refractivity contribution in [2.75, 3.05) is 36.9 Å². The second kappa shape index (κ2) is 7.95. The third-order valence-corrected chi connectivity index (χ3v) is 6.48. The Bertz CT molecular complexity index is 542. The molecule has 1 heterocycles. The Balaban J connectivity index is 2.74. The second-order valence-corrected chi connectivity index (χ2v) is 8.03. The largest absolute Gasteiger partial charge is 0.382 e. The highest BCUT2D eigenvalue weighted by atomic mass is 32.2. The molecule has 0 aliphatic carbocycles. The fourth-order valence-corrected chi connectivity index (χ4v) is 4.60. The molecular formula is C13H26N4O2S2. The Morgan fingerprint density at radius 2 is 2.10 bits per heavy atom. The molecule has 1 rings (SSSR count). The number of rotatable bonds is 9. The summed E-state index contributed by atoms with van der Waals surface area (Å²) in [7, 11) is -1.29. The molecule has 0 amide bonds. The van der Waals surface area contributed by atoms with E-state index in [0.717, 1.165) is 24.5 Å². The average molecular weight is 335 g/mol. The summed E-state index contributed by atoms with van der Waals surface area (Å²) in [6.07, 6.45) is 1.65. The molecule has 0 fully saturated rings. The van der Waals surface area contributed by atoms with Crippen LogP contribution in [-0.4, -0.2) is 49.6 Å². The van der Waals surface area contributed by atoms with E-state index in [1.165, 1.54) is 0 Å². The number of sulfone groups is 1. The number of nitrogens with one attached hydrogen (secondary N) is 1. The molecule has 0 saturated heterocycles. The maximum atomic E-state index is 12.2. The first-order valence-electron chi connectivity index (χ1n) is 7.25. The van der Waals surface area contributed by atoms with Crippen LogP contribution in [-0.2, 0) is 9.84 Å². The number of anilines is 2. The fourth-order valence-electron chi connectivity index (χ4n) is 1.96. The van der Waals surface area contributed by atoms with E-state index in [2.05, 4.69) is 35.5 Å². The minimum atomic E-state index is -3.35. The summed E-state index contributed by atoms with van der Waals surface area (Å²) in [5.41, 5.74) is 5.73. The standard InChI is InChI=1S/C13H26N4O2S2/c1-5-9-21(18,19)11-12(14)16-20-13(11)15-7-8-17(4)10(3)6-2/h10,15H,5-9H2,1-4H3,(H2,14,16). The van der Waals surface area contributed by atoms with E-state index in [-0.39, 0.29) is 16.5 Å². The van der Waals surface area contributed by atoms with E-state index >= 15 is 0 Å². The second-order valence-electron chi connectivity index (χ2n) is 5.21. The highest BCUT2D eigenvalue weighted by molar-refractivity contribution is 7.91. The average Bonchev–Trinajstić information content (AvgIpc) is 2.79. The number of aromatic nitrogens is 1. The molecule has 6 nitrogen and oxygen atoms in total. The van der Waals surface area contributed by atoms with Crippen LogP contribution in [0.25, 0.3) is 0 Å². The maximum Gasteiger partial charge on any atom is 0.185 e. The first kappa shape index (κ1) is 18.2. The third kappa shape index (κ3) is 4.82. The van der Waals surface area contributed by atoms with Crippen molar-refractivity contribution in [1.29, 1.82) is 0 Å². The van der Waals surface area contributed by atoms with Crippen LogP contribution in [0.1, 0.15) is 33.6 Å². The van der Waals surface area contributed by atoms with Crippen LogP contribution in [0.3, 0.4) is 0 Å². The van der Waals surface area contributed by atoms with Gasteiger partial charge in [-0.15, -0.1) is 0 Å². The fraction of sp³-hybridized carbons (Fsp3) is 0.769. The van der Waals surface area contributed by atoms with Crippen molar-refractivity contribution in [3.8, 4) is 0 Å². The van der Waals surface area contributed by atoms with Gasteiger partial charge in [-0.2, -0.15) is 4.37 Å². The van der Waals surface area contributed by atoms with Crippen molar-refractivity contribution in [2.45, 2.75) is 44.6 Å². The van der Waals surface area contributed by atoms with Crippen molar-refractivity contribution >= 4 is 32.2 Å². The molecule has 0 aliphatic rings. The summed E-state index contributed by atoms with van der Waals surface area (Å²) in [5, 5.41) is 3.72. The zero-order valence-electron chi connectivity index (χ0n) is 13.2. The molecule has 1 unspecified atom stereocenters. The van der Waals surface area contributed by atoms with E-state index in [4.69, 9.17) is 5.73 Å². The molecule has 0 saturated carbocycles. The summed E-state index contributed by atoms with van der Waals surface area (Å²) in [6.45, 7) is 7.65. The van der Waals surface area contributed by atoms with Gasteiger partial charge in [0.15, 0.2) is 15.7 Å². The summed E-state index contributed by atoms with van der Waals surface area (Å²) in [4.78, 5) is 2.40. The molecule has 0 aromatic carbocycles. The molecule has 8 heteroatoms. The van der Waals surface area contributed by atoms with Gasteiger partial charge >= 0.3 is 0 Å². The summed E-state index contributed by atoms with van der Waals surface area (Å²) >= 11 is 1.11. The lowest BCUT2D eigenvalue weighted by Gasteiger charge is -2.23. The van der Waals surface area contributed by atoms with Gasteiger partial charge in [0.2, 0.25) is 0 Å². The quantitative estimate of drug-likeness (QED) is 0.718. The predicted molar refractivity (Wildman–Crippen MR) is 89.7 cm³/mol. The first-order chi connectivity index (χ1) is 9.83. The Morgan fingerprint density at radius 3 is 2.67 bits per heavy atom. The van der Waals surface area contributed by atoms with Crippen LogP contribution in [0.4, 0.5) is 10.8 Å². The normalized spacial score (nSPS) is 13.6. The monoisotopic (exact) mass is 334 g/mol. The number of hydrogen-bond donors (Lipinski definition) is 2. The van der Waals surface area contributed by atoms with Gasteiger partial charge < -0.3 is 16.0 Å². The minimum absolute atomic E-state index is 0.0943. The Morgan fingerprint density at radius 1 is 1.43 bits per heavy atom. The molecule has 0 bridgehead atoms. The van der Waals surface area contributed by atoms with Crippen molar-refractivity contribution in [3.63, 3.8) is 0 Å². The van der Waals surface area contributed by atoms with Gasteiger partial charge in [0.05, 0.1) is 5.75 Å². The third-order valence-electron chi connectivity index (χ3n) is 3.55. The molecule has 3 N–H and O–H groups in total. The molecule has 0 spiro atoms. The van der Waals surface area contributed by atoms with E-state index in [1.807, 2.05) is 6.92 Å². The number of nitrogens with zero attached hydrogens (tertiary/aromatic N) is 2. The number of likely N-dealkylation sites (N-methyl/N-ethyl adjacent to an activating group) is 1. The molecule has 1 aromatic heterocycles. The zero-order chi connectivity index (χ0) is 16.0. The number of hydrogen-bond acceptors (Lipinski definition) is 7. The highest BCUT2D eigenvalue weighted by Crippen LogP contribution is 2.32. The smallest absolute Gasteiger partial charge is 0.185 e. The topological polar surface area (TPSA) is 88.3 Å². The van der Waals surface area contributed by atoms with Crippen molar-refractivity contribution < 1.29 is 8.42 Å². The van der Waals surface area contributed by atoms with Gasteiger partial charge in [-0.05, 0) is 38.3 Å². The van der Waals surface area contributed by atoms with Crippen LogP contribution in [0.5, 0.6) is 0 Å². The number of nitrogen functional groups attached to an aromatic ring is 1. The molecule has 122 valence electrons. The van der Waals surface area contributed by atoms with E-state index < -0.39 is 9.84 Å². The van der Waals surface area contributed by atoms with Crippen LogP contribution in [0.15, 0.2) is 4.90 Å².